The minimum absolute atomic E-state index is 0.105. The molecule has 0 radical (unpaired) electrons. The first-order valence-corrected chi connectivity index (χ1v) is 12.0. The number of nitrogens with one attached hydrogen (secondary N) is 2. The number of aromatic nitrogens is 2. The summed E-state index contributed by atoms with van der Waals surface area (Å²) in [6.45, 7) is 5.31. The molecule has 1 aliphatic carbocycles. The van der Waals surface area contributed by atoms with Crippen LogP contribution in [-0.2, 0) is 11.3 Å². The lowest BCUT2D eigenvalue weighted by molar-refractivity contribution is -0.117. The number of aryl methyl sites for hydroxylation is 1. The fraction of sp³-hybridized carbons (Fsp3) is 0.407. The van der Waals surface area contributed by atoms with Crippen LogP contribution in [0.3, 0.4) is 0 Å². The number of hydrogen-bond donors (Lipinski definition) is 2. The standard InChI is InChI=1S/C27H34FN5O/c1-4-26(34)29-20-11-13-21(14-12-20)30-27-23-15-10-19(22-8-5-6-9-24(22)28)18-25(23)31-33(27)17-7-16-32(2)3/h4-6,8-10,15,18,20-21,30H,1,7,11-14,16-17H2,2-3H3,(H,29,34)/t20-,21-. The van der Waals surface area contributed by atoms with Gasteiger partial charge in [0.2, 0.25) is 5.91 Å². The fourth-order valence-electron chi connectivity index (χ4n) is 4.68. The number of hydrogen-bond acceptors (Lipinski definition) is 4. The van der Waals surface area contributed by atoms with E-state index in [4.69, 9.17) is 5.10 Å². The number of amides is 1. The molecule has 3 aromatic rings. The van der Waals surface area contributed by atoms with Gasteiger partial charge < -0.3 is 15.5 Å². The Morgan fingerprint density at radius 2 is 1.91 bits per heavy atom. The van der Waals surface area contributed by atoms with E-state index in [9.17, 15) is 9.18 Å². The largest absolute Gasteiger partial charge is 0.367 e. The van der Waals surface area contributed by atoms with Crippen LogP contribution in [0.1, 0.15) is 32.1 Å². The molecule has 6 nitrogen and oxygen atoms in total. The van der Waals surface area contributed by atoms with E-state index in [2.05, 4.69) is 40.9 Å². The van der Waals surface area contributed by atoms with Crippen LogP contribution in [-0.4, -0.2) is 53.3 Å². The molecule has 0 atom stereocenters. The minimum Gasteiger partial charge on any atom is -0.367 e. The van der Waals surface area contributed by atoms with Gasteiger partial charge in [0, 0.05) is 29.6 Å². The van der Waals surface area contributed by atoms with Crippen molar-refractivity contribution in [2.75, 3.05) is 26.0 Å². The van der Waals surface area contributed by atoms with Crippen molar-refractivity contribution in [2.45, 2.75) is 50.7 Å². The Hall–Kier alpha value is -3.19. The lowest BCUT2D eigenvalue weighted by atomic mass is 9.91. The van der Waals surface area contributed by atoms with Crippen molar-refractivity contribution in [1.29, 1.82) is 0 Å². The van der Waals surface area contributed by atoms with E-state index in [-0.39, 0.29) is 17.8 Å². The molecule has 2 N–H and O–H groups in total. The molecule has 1 heterocycles. The molecule has 0 bridgehead atoms. The number of nitrogens with zero attached hydrogens (tertiary/aromatic N) is 3. The zero-order chi connectivity index (χ0) is 24.1. The molecule has 0 saturated heterocycles. The summed E-state index contributed by atoms with van der Waals surface area (Å²) in [5.41, 5.74) is 2.27. The second-order valence-electron chi connectivity index (χ2n) is 9.35. The van der Waals surface area contributed by atoms with Gasteiger partial charge >= 0.3 is 0 Å². The molecule has 2 aromatic carbocycles. The van der Waals surface area contributed by atoms with Crippen LogP contribution in [0.5, 0.6) is 0 Å². The fourth-order valence-corrected chi connectivity index (χ4v) is 4.68. The first kappa shape index (κ1) is 24.0. The van der Waals surface area contributed by atoms with Crippen molar-refractivity contribution in [2.24, 2.45) is 0 Å². The number of carbonyl (C=O) groups is 1. The maximum Gasteiger partial charge on any atom is 0.243 e. The number of carbonyl (C=O) groups excluding carboxylic acids is 1. The van der Waals surface area contributed by atoms with Crippen molar-refractivity contribution in [3.05, 3.63) is 60.9 Å². The summed E-state index contributed by atoms with van der Waals surface area (Å²) >= 11 is 0. The SMILES string of the molecule is C=CC(=O)N[C@H]1CC[C@H](Nc2c3ccc(-c4ccccc4F)cc3nn2CCCN(C)C)CC1. The lowest BCUT2D eigenvalue weighted by Gasteiger charge is -2.30. The van der Waals surface area contributed by atoms with Gasteiger partial charge in [-0.2, -0.15) is 5.10 Å². The zero-order valence-corrected chi connectivity index (χ0v) is 20.1. The van der Waals surface area contributed by atoms with Crippen LogP contribution in [0.2, 0.25) is 0 Å². The van der Waals surface area contributed by atoms with Crippen LogP contribution in [0.15, 0.2) is 55.1 Å². The van der Waals surface area contributed by atoms with E-state index in [1.807, 2.05) is 24.3 Å². The Labute approximate surface area is 200 Å². The topological polar surface area (TPSA) is 62.2 Å². The quantitative estimate of drug-likeness (QED) is 0.447. The molecule has 7 heteroatoms. The zero-order valence-electron chi connectivity index (χ0n) is 20.1. The molecule has 1 fully saturated rings. The normalized spacial score (nSPS) is 18.2. The highest BCUT2D eigenvalue weighted by molar-refractivity contribution is 5.93. The average Bonchev–Trinajstić information content (AvgIpc) is 3.16. The van der Waals surface area contributed by atoms with E-state index in [1.165, 1.54) is 12.1 Å². The smallest absolute Gasteiger partial charge is 0.243 e. The number of fused-ring (bicyclic) bond motifs is 1. The van der Waals surface area contributed by atoms with Crippen LogP contribution in [0.25, 0.3) is 22.0 Å². The van der Waals surface area contributed by atoms with Crippen LogP contribution in [0, 0.1) is 5.82 Å². The Morgan fingerprint density at radius 3 is 2.62 bits per heavy atom. The molecule has 1 aromatic heterocycles. The van der Waals surface area contributed by atoms with Crippen molar-refractivity contribution in [3.63, 3.8) is 0 Å². The highest BCUT2D eigenvalue weighted by atomic mass is 19.1. The Kier molecular flexibility index (Phi) is 7.63. The van der Waals surface area contributed by atoms with Crippen molar-refractivity contribution in [3.8, 4) is 11.1 Å². The maximum atomic E-state index is 14.4. The summed E-state index contributed by atoms with van der Waals surface area (Å²) in [5.74, 6) is 0.686. The lowest BCUT2D eigenvalue weighted by Crippen LogP contribution is -2.39. The first-order chi connectivity index (χ1) is 16.4. The first-order valence-electron chi connectivity index (χ1n) is 12.0. The molecule has 0 aliphatic heterocycles. The van der Waals surface area contributed by atoms with E-state index in [0.29, 0.717) is 11.6 Å². The van der Waals surface area contributed by atoms with E-state index >= 15 is 0 Å². The van der Waals surface area contributed by atoms with Gasteiger partial charge in [0.15, 0.2) is 0 Å². The summed E-state index contributed by atoms with van der Waals surface area (Å²) in [5, 5.41) is 12.7. The van der Waals surface area contributed by atoms with Gasteiger partial charge in [0.1, 0.15) is 11.6 Å². The van der Waals surface area contributed by atoms with Gasteiger partial charge in [0.25, 0.3) is 0 Å². The number of benzene rings is 2. The van der Waals surface area contributed by atoms with Gasteiger partial charge in [-0.25, -0.2) is 9.07 Å². The summed E-state index contributed by atoms with van der Waals surface area (Å²) in [6, 6.07) is 13.4. The molecule has 1 aliphatic rings. The van der Waals surface area contributed by atoms with Gasteiger partial charge in [0.05, 0.1) is 5.52 Å². The van der Waals surface area contributed by atoms with Crippen LogP contribution < -0.4 is 10.6 Å². The predicted octanol–water partition coefficient (Wildman–Crippen LogP) is 4.82. The maximum absolute atomic E-state index is 14.4. The molecule has 0 spiro atoms. The Bertz CT molecular complexity index is 1150. The number of rotatable bonds is 9. The highest BCUT2D eigenvalue weighted by Crippen LogP contribution is 2.32. The summed E-state index contributed by atoms with van der Waals surface area (Å²) < 4.78 is 16.4. The summed E-state index contributed by atoms with van der Waals surface area (Å²) in [7, 11) is 4.14. The monoisotopic (exact) mass is 463 g/mol. The molecular weight excluding hydrogens is 429 g/mol. The van der Waals surface area contributed by atoms with Crippen molar-refractivity contribution >= 4 is 22.6 Å². The minimum atomic E-state index is -0.231. The summed E-state index contributed by atoms with van der Waals surface area (Å²) in [4.78, 5) is 13.8. The van der Waals surface area contributed by atoms with E-state index in [1.54, 1.807) is 12.1 Å². The average molecular weight is 464 g/mol. The molecule has 1 saturated carbocycles. The van der Waals surface area contributed by atoms with E-state index < -0.39 is 0 Å². The molecule has 4 rings (SSSR count). The Morgan fingerprint density at radius 1 is 1.18 bits per heavy atom. The third-order valence-electron chi connectivity index (χ3n) is 6.50. The number of anilines is 1. The molecule has 180 valence electrons. The Balaban J connectivity index is 1.56. The van der Waals surface area contributed by atoms with Crippen molar-refractivity contribution in [1.82, 2.24) is 20.0 Å². The third kappa shape index (κ3) is 5.65. The van der Waals surface area contributed by atoms with Gasteiger partial charge in [-0.05, 0) is 82.6 Å². The van der Waals surface area contributed by atoms with Gasteiger partial charge in [-0.3, -0.25) is 4.79 Å². The molecular formula is C27H34FN5O. The molecule has 34 heavy (non-hydrogen) atoms. The molecule has 0 unspecified atom stereocenters. The van der Waals surface area contributed by atoms with E-state index in [0.717, 1.165) is 67.5 Å². The second kappa shape index (κ2) is 10.8. The van der Waals surface area contributed by atoms with Gasteiger partial charge in [-0.1, -0.05) is 30.8 Å². The second-order valence-corrected chi connectivity index (χ2v) is 9.35. The van der Waals surface area contributed by atoms with Crippen LogP contribution in [0.4, 0.5) is 10.2 Å². The number of halogens is 1. The predicted molar refractivity (Wildman–Crippen MR) is 136 cm³/mol. The van der Waals surface area contributed by atoms with Crippen LogP contribution >= 0.6 is 0 Å². The highest BCUT2D eigenvalue weighted by Gasteiger charge is 2.24. The van der Waals surface area contributed by atoms with Crippen molar-refractivity contribution < 1.29 is 9.18 Å². The third-order valence-corrected chi connectivity index (χ3v) is 6.50. The van der Waals surface area contributed by atoms with Gasteiger partial charge in [-0.15, -0.1) is 0 Å². The summed E-state index contributed by atoms with van der Waals surface area (Å²) in [6.07, 6.45) is 6.12. The molecule has 1 amide bonds.